The molecular formula is C13H12F2N2S2. The van der Waals surface area contributed by atoms with Crippen LogP contribution in [0.5, 0.6) is 0 Å². The van der Waals surface area contributed by atoms with E-state index in [0.29, 0.717) is 16.5 Å². The van der Waals surface area contributed by atoms with E-state index in [1.807, 2.05) is 0 Å². The first-order chi connectivity index (χ1) is 9.06. The van der Waals surface area contributed by atoms with Gasteiger partial charge in [0.05, 0.1) is 0 Å². The van der Waals surface area contributed by atoms with Crippen LogP contribution in [-0.4, -0.2) is 5.08 Å². The van der Waals surface area contributed by atoms with E-state index in [0.717, 1.165) is 9.79 Å². The van der Waals surface area contributed by atoms with Gasteiger partial charge in [0.1, 0.15) is 11.6 Å². The van der Waals surface area contributed by atoms with E-state index in [2.05, 4.69) is 0 Å². The standard InChI is InChI=1S/C13H12F2N2S2/c14-8-1-3-12(10(16)5-8)18-7-19-13-4-2-9(15)6-11(13)17/h1-6H,7,16-17H2. The van der Waals surface area contributed by atoms with Crippen LogP contribution >= 0.6 is 23.5 Å². The van der Waals surface area contributed by atoms with Crippen molar-refractivity contribution >= 4 is 34.9 Å². The SMILES string of the molecule is Nc1cc(F)ccc1SCSc1ccc(F)cc1N. The first-order valence-corrected chi connectivity index (χ1v) is 7.39. The fourth-order valence-corrected chi connectivity index (χ4v) is 3.49. The van der Waals surface area contributed by atoms with E-state index < -0.39 is 0 Å². The van der Waals surface area contributed by atoms with Crippen LogP contribution in [0.15, 0.2) is 46.2 Å². The minimum atomic E-state index is -0.350. The molecular weight excluding hydrogens is 286 g/mol. The Kier molecular flexibility index (Phi) is 4.55. The molecule has 0 bridgehead atoms. The fourth-order valence-electron chi connectivity index (χ4n) is 1.46. The Morgan fingerprint density at radius 3 is 1.58 bits per heavy atom. The summed E-state index contributed by atoms with van der Waals surface area (Å²) in [7, 11) is 0. The zero-order valence-corrected chi connectivity index (χ0v) is 11.5. The number of rotatable bonds is 4. The van der Waals surface area contributed by atoms with Crippen LogP contribution in [0, 0.1) is 11.6 Å². The molecule has 6 heteroatoms. The van der Waals surface area contributed by atoms with Gasteiger partial charge in [-0.1, -0.05) is 0 Å². The van der Waals surface area contributed by atoms with Crippen molar-refractivity contribution in [3.8, 4) is 0 Å². The number of hydrogen-bond donors (Lipinski definition) is 2. The largest absolute Gasteiger partial charge is 0.398 e. The summed E-state index contributed by atoms with van der Waals surface area (Å²) in [5.41, 5.74) is 12.2. The number of halogens is 2. The van der Waals surface area contributed by atoms with E-state index in [9.17, 15) is 8.78 Å². The van der Waals surface area contributed by atoms with Gasteiger partial charge < -0.3 is 11.5 Å². The number of nitrogens with two attached hydrogens (primary N) is 2. The van der Waals surface area contributed by atoms with Crippen molar-refractivity contribution in [2.75, 3.05) is 16.6 Å². The normalized spacial score (nSPS) is 10.6. The summed E-state index contributed by atoms with van der Waals surface area (Å²) in [5, 5.41) is 0.658. The number of nitrogen functional groups attached to an aromatic ring is 2. The van der Waals surface area contributed by atoms with Gasteiger partial charge >= 0.3 is 0 Å². The van der Waals surface area contributed by atoms with Gasteiger partial charge in [-0.25, -0.2) is 8.78 Å². The third kappa shape index (κ3) is 3.78. The van der Waals surface area contributed by atoms with Crippen molar-refractivity contribution in [2.45, 2.75) is 9.79 Å². The molecule has 0 aliphatic heterocycles. The van der Waals surface area contributed by atoms with Crippen LogP contribution in [0.2, 0.25) is 0 Å². The summed E-state index contributed by atoms with van der Waals surface area (Å²) < 4.78 is 25.8. The second-order valence-electron chi connectivity index (χ2n) is 3.77. The molecule has 0 unspecified atom stereocenters. The molecule has 0 saturated heterocycles. The molecule has 0 aliphatic rings. The molecule has 4 N–H and O–H groups in total. The van der Waals surface area contributed by atoms with Crippen molar-refractivity contribution in [1.29, 1.82) is 0 Å². The molecule has 2 nitrogen and oxygen atoms in total. The highest BCUT2D eigenvalue weighted by molar-refractivity contribution is 8.16. The zero-order chi connectivity index (χ0) is 13.8. The minimum Gasteiger partial charge on any atom is -0.398 e. The molecule has 0 aliphatic carbocycles. The second kappa shape index (κ2) is 6.16. The van der Waals surface area contributed by atoms with Gasteiger partial charge in [-0.2, -0.15) is 0 Å². The van der Waals surface area contributed by atoms with Gasteiger partial charge in [-0.3, -0.25) is 0 Å². The zero-order valence-electron chi connectivity index (χ0n) is 9.90. The molecule has 0 spiro atoms. The Morgan fingerprint density at radius 1 is 0.789 bits per heavy atom. The summed E-state index contributed by atoms with van der Waals surface area (Å²) in [6.45, 7) is 0. The first-order valence-electron chi connectivity index (χ1n) is 5.42. The van der Waals surface area contributed by atoms with Gasteiger partial charge in [0.15, 0.2) is 0 Å². The lowest BCUT2D eigenvalue weighted by molar-refractivity contribution is 0.627. The van der Waals surface area contributed by atoms with Gasteiger partial charge in [-0.05, 0) is 36.4 Å². The average molecular weight is 298 g/mol. The molecule has 0 atom stereocenters. The van der Waals surface area contributed by atoms with Crippen LogP contribution in [0.1, 0.15) is 0 Å². The van der Waals surface area contributed by atoms with E-state index in [-0.39, 0.29) is 11.6 Å². The van der Waals surface area contributed by atoms with Crippen molar-refractivity contribution in [2.24, 2.45) is 0 Å². The monoisotopic (exact) mass is 298 g/mol. The van der Waals surface area contributed by atoms with Crippen LogP contribution in [0.25, 0.3) is 0 Å². The molecule has 0 heterocycles. The van der Waals surface area contributed by atoms with E-state index in [1.54, 1.807) is 12.1 Å². The summed E-state index contributed by atoms with van der Waals surface area (Å²) in [6, 6.07) is 8.61. The lowest BCUT2D eigenvalue weighted by Gasteiger charge is -2.07. The highest BCUT2D eigenvalue weighted by atomic mass is 32.2. The smallest absolute Gasteiger partial charge is 0.125 e. The highest BCUT2D eigenvalue weighted by Crippen LogP contribution is 2.33. The quantitative estimate of drug-likeness (QED) is 0.509. The van der Waals surface area contributed by atoms with Crippen molar-refractivity contribution in [1.82, 2.24) is 0 Å². The number of thioether (sulfide) groups is 2. The molecule has 2 aromatic rings. The third-order valence-electron chi connectivity index (χ3n) is 2.37. The van der Waals surface area contributed by atoms with Crippen molar-refractivity contribution in [3.05, 3.63) is 48.0 Å². The third-order valence-corrected chi connectivity index (χ3v) is 4.68. The van der Waals surface area contributed by atoms with Crippen LogP contribution in [-0.2, 0) is 0 Å². The lowest BCUT2D eigenvalue weighted by Crippen LogP contribution is -1.91. The molecule has 0 fully saturated rings. The average Bonchev–Trinajstić information content (AvgIpc) is 2.34. The molecule has 2 aromatic carbocycles. The fraction of sp³-hybridized carbons (Fsp3) is 0.0769. The summed E-state index contributed by atoms with van der Waals surface area (Å²) >= 11 is 2.97. The topological polar surface area (TPSA) is 52.0 Å². The molecule has 0 aromatic heterocycles. The Labute approximate surface area is 118 Å². The molecule has 0 saturated carbocycles. The van der Waals surface area contributed by atoms with Crippen LogP contribution < -0.4 is 11.5 Å². The van der Waals surface area contributed by atoms with E-state index in [1.165, 1.54) is 47.8 Å². The maximum absolute atomic E-state index is 12.9. The lowest BCUT2D eigenvalue weighted by atomic mass is 10.3. The number of hydrogen-bond acceptors (Lipinski definition) is 4. The summed E-state index contributed by atoms with van der Waals surface area (Å²) in [6.07, 6.45) is 0. The molecule has 0 radical (unpaired) electrons. The first kappa shape index (κ1) is 14.0. The Balaban J connectivity index is 1.96. The predicted molar refractivity (Wildman–Crippen MR) is 78.2 cm³/mol. The predicted octanol–water partition coefficient (Wildman–Crippen LogP) is 3.97. The Bertz CT molecular complexity index is 539. The summed E-state index contributed by atoms with van der Waals surface area (Å²) in [4.78, 5) is 1.63. The van der Waals surface area contributed by atoms with Crippen molar-refractivity contribution < 1.29 is 8.78 Å². The van der Waals surface area contributed by atoms with Crippen LogP contribution in [0.4, 0.5) is 20.2 Å². The second-order valence-corrected chi connectivity index (χ2v) is 6.17. The Hall–Kier alpha value is -1.40. The van der Waals surface area contributed by atoms with Crippen LogP contribution in [0.3, 0.4) is 0 Å². The highest BCUT2D eigenvalue weighted by Gasteiger charge is 2.04. The van der Waals surface area contributed by atoms with Gasteiger partial charge in [0, 0.05) is 26.3 Å². The molecule has 100 valence electrons. The summed E-state index contributed by atoms with van der Waals surface area (Å²) in [5.74, 6) is -0.699. The van der Waals surface area contributed by atoms with Gasteiger partial charge in [0.2, 0.25) is 0 Å². The van der Waals surface area contributed by atoms with Gasteiger partial charge in [0.25, 0.3) is 0 Å². The maximum atomic E-state index is 12.9. The van der Waals surface area contributed by atoms with E-state index >= 15 is 0 Å². The number of benzene rings is 2. The van der Waals surface area contributed by atoms with E-state index in [4.69, 9.17) is 11.5 Å². The molecule has 19 heavy (non-hydrogen) atoms. The molecule has 0 amide bonds. The maximum Gasteiger partial charge on any atom is 0.125 e. The Morgan fingerprint density at radius 2 is 1.21 bits per heavy atom. The minimum absolute atomic E-state index is 0.350. The van der Waals surface area contributed by atoms with Gasteiger partial charge in [-0.15, -0.1) is 23.5 Å². The molecule has 2 rings (SSSR count). The number of anilines is 2. The van der Waals surface area contributed by atoms with Crippen molar-refractivity contribution in [3.63, 3.8) is 0 Å².